The molecule has 0 saturated carbocycles. The van der Waals surface area contributed by atoms with Gasteiger partial charge in [0.15, 0.2) is 6.61 Å². The number of nitrogens with two attached hydrogens (primary N) is 1. The van der Waals surface area contributed by atoms with Crippen molar-refractivity contribution in [2.75, 3.05) is 26.2 Å². The van der Waals surface area contributed by atoms with Gasteiger partial charge in [0.1, 0.15) is 0 Å². The number of hydrogen-bond donors (Lipinski definition) is 2. The zero-order valence-electron chi connectivity index (χ0n) is 14.8. The van der Waals surface area contributed by atoms with Crippen LogP contribution in [0.3, 0.4) is 0 Å². The van der Waals surface area contributed by atoms with Crippen LogP contribution in [0.4, 0.5) is 0 Å². The first-order valence-corrected chi connectivity index (χ1v) is 9.01. The molecular formula is C18H22ClN3O5. The third-order valence-electron chi connectivity index (χ3n) is 4.33. The highest BCUT2D eigenvalue weighted by atomic mass is 35.5. The number of piperidine rings is 1. The maximum Gasteiger partial charge on any atom is 0.308 e. The van der Waals surface area contributed by atoms with Crippen LogP contribution in [0.25, 0.3) is 0 Å². The van der Waals surface area contributed by atoms with E-state index < -0.39 is 5.97 Å². The molecule has 3 N–H and O–H groups in total. The fraction of sp³-hybridized carbons (Fsp3) is 0.444. The van der Waals surface area contributed by atoms with E-state index in [4.69, 9.17) is 22.1 Å². The Labute approximate surface area is 162 Å². The number of halogens is 1. The van der Waals surface area contributed by atoms with Gasteiger partial charge in [-0.2, -0.15) is 0 Å². The van der Waals surface area contributed by atoms with Crippen molar-refractivity contribution in [3.05, 3.63) is 34.9 Å². The Balaban J connectivity index is 1.63. The highest BCUT2D eigenvalue weighted by Crippen LogP contribution is 2.16. The molecule has 2 rings (SSSR count). The van der Waals surface area contributed by atoms with E-state index in [1.165, 1.54) is 0 Å². The lowest BCUT2D eigenvalue weighted by atomic mass is 9.96. The first-order chi connectivity index (χ1) is 12.9. The van der Waals surface area contributed by atoms with Crippen molar-refractivity contribution in [1.82, 2.24) is 10.2 Å². The fourth-order valence-corrected chi connectivity index (χ4v) is 2.83. The van der Waals surface area contributed by atoms with Gasteiger partial charge in [-0.3, -0.25) is 19.2 Å². The minimum Gasteiger partial charge on any atom is -0.456 e. The van der Waals surface area contributed by atoms with E-state index in [1.54, 1.807) is 29.2 Å². The van der Waals surface area contributed by atoms with Gasteiger partial charge < -0.3 is 20.7 Å². The molecule has 0 aromatic heterocycles. The second-order valence-electron chi connectivity index (χ2n) is 6.23. The van der Waals surface area contributed by atoms with Crippen molar-refractivity contribution in [1.29, 1.82) is 0 Å². The number of carbonyl (C=O) groups is 4. The molecule has 0 aliphatic carbocycles. The quantitative estimate of drug-likeness (QED) is 0.659. The molecule has 0 bridgehead atoms. The van der Waals surface area contributed by atoms with Crippen molar-refractivity contribution >= 4 is 35.3 Å². The monoisotopic (exact) mass is 395 g/mol. The molecule has 3 amide bonds. The zero-order valence-corrected chi connectivity index (χ0v) is 15.5. The molecule has 146 valence electrons. The summed E-state index contributed by atoms with van der Waals surface area (Å²) in [7, 11) is 0. The molecule has 0 radical (unpaired) electrons. The lowest BCUT2D eigenvalue weighted by Crippen LogP contribution is -2.43. The molecule has 1 fully saturated rings. The standard InChI is InChI=1S/C18H22ClN3O5/c19-14-3-1-13(2-4-14)18(26)21-8-5-16(24)27-11-15(23)22-9-6-12(7-10-22)17(20)25/h1-4,12H,5-11H2,(H2,20,25)(H,21,26). The summed E-state index contributed by atoms with van der Waals surface area (Å²) in [5, 5.41) is 3.12. The van der Waals surface area contributed by atoms with Crippen molar-refractivity contribution in [3.8, 4) is 0 Å². The number of primary amides is 1. The predicted molar refractivity (Wildman–Crippen MR) is 97.9 cm³/mol. The molecule has 1 saturated heterocycles. The lowest BCUT2D eigenvalue weighted by molar-refractivity contribution is -0.152. The fourth-order valence-electron chi connectivity index (χ4n) is 2.70. The van der Waals surface area contributed by atoms with Crippen molar-refractivity contribution in [2.45, 2.75) is 19.3 Å². The summed E-state index contributed by atoms with van der Waals surface area (Å²) in [6.45, 7) is 0.575. The molecule has 9 heteroatoms. The Morgan fingerprint density at radius 2 is 1.78 bits per heavy atom. The Hall–Kier alpha value is -2.61. The molecule has 0 atom stereocenters. The van der Waals surface area contributed by atoms with Gasteiger partial charge in [0.25, 0.3) is 11.8 Å². The number of nitrogens with zero attached hydrogens (tertiary/aromatic N) is 1. The van der Waals surface area contributed by atoms with Gasteiger partial charge in [-0.1, -0.05) is 11.6 Å². The molecular weight excluding hydrogens is 374 g/mol. The highest BCUT2D eigenvalue weighted by molar-refractivity contribution is 6.30. The van der Waals surface area contributed by atoms with E-state index in [2.05, 4.69) is 5.32 Å². The Bertz CT molecular complexity index is 699. The Kier molecular flexibility index (Phi) is 7.60. The van der Waals surface area contributed by atoms with E-state index in [-0.39, 0.29) is 43.2 Å². The van der Waals surface area contributed by atoms with Gasteiger partial charge in [0.2, 0.25) is 5.91 Å². The number of hydrogen-bond acceptors (Lipinski definition) is 5. The summed E-state index contributed by atoms with van der Waals surface area (Å²) in [6.07, 6.45) is 0.994. The van der Waals surface area contributed by atoms with Gasteiger partial charge >= 0.3 is 5.97 Å². The Morgan fingerprint density at radius 1 is 1.15 bits per heavy atom. The van der Waals surface area contributed by atoms with Gasteiger partial charge in [-0.25, -0.2) is 0 Å². The summed E-state index contributed by atoms with van der Waals surface area (Å²) in [6, 6.07) is 6.36. The number of esters is 1. The number of amides is 3. The zero-order chi connectivity index (χ0) is 19.8. The molecule has 1 aliphatic heterocycles. The maximum absolute atomic E-state index is 12.0. The lowest BCUT2D eigenvalue weighted by Gasteiger charge is -2.30. The smallest absolute Gasteiger partial charge is 0.308 e. The molecule has 1 aliphatic rings. The number of benzene rings is 1. The van der Waals surface area contributed by atoms with Gasteiger partial charge in [-0.15, -0.1) is 0 Å². The normalized spacial score (nSPS) is 14.5. The number of ether oxygens (including phenoxy) is 1. The van der Waals surface area contributed by atoms with Crippen molar-refractivity contribution in [2.24, 2.45) is 11.7 Å². The average molecular weight is 396 g/mol. The van der Waals surface area contributed by atoms with Crippen LogP contribution in [0.2, 0.25) is 5.02 Å². The summed E-state index contributed by atoms with van der Waals surface area (Å²) in [4.78, 5) is 48.3. The van der Waals surface area contributed by atoms with E-state index in [9.17, 15) is 19.2 Å². The van der Waals surface area contributed by atoms with Crippen molar-refractivity contribution < 1.29 is 23.9 Å². The predicted octanol–water partition coefficient (Wildman–Crippen LogP) is 0.727. The van der Waals surface area contributed by atoms with Crippen LogP contribution in [-0.2, 0) is 19.1 Å². The number of rotatable bonds is 7. The van der Waals surface area contributed by atoms with Gasteiger partial charge in [0, 0.05) is 36.1 Å². The summed E-state index contributed by atoms with van der Waals surface area (Å²) < 4.78 is 4.94. The molecule has 1 heterocycles. The second-order valence-corrected chi connectivity index (χ2v) is 6.67. The summed E-state index contributed by atoms with van der Waals surface area (Å²) in [5.74, 6) is -1.77. The van der Waals surface area contributed by atoms with Crippen LogP contribution in [0.1, 0.15) is 29.6 Å². The van der Waals surface area contributed by atoms with Crippen LogP contribution in [0.15, 0.2) is 24.3 Å². The molecule has 0 spiro atoms. The van der Waals surface area contributed by atoms with Crippen LogP contribution < -0.4 is 11.1 Å². The molecule has 27 heavy (non-hydrogen) atoms. The first-order valence-electron chi connectivity index (χ1n) is 8.63. The van der Waals surface area contributed by atoms with Crippen LogP contribution >= 0.6 is 11.6 Å². The Morgan fingerprint density at radius 3 is 2.37 bits per heavy atom. The third-order valence-corrected chi connectivity index (χ3v) is 4.58. The minimum absolute atomic E-state index is 0.0453. The number of carbonyl (C=O) groups excluding carboxylic acids is 4. The van der Waals surface area contributed by atoms with E-state index in [0.29, 0.717) is 36.5 Å². The first kappa shape index (κ1) is 20.7. The molecule has 1 aromatic rings. The molecule has 1 aromatic carbocycles. The van der Waals surface area contributed by atoms with E-state index in [0.717, 1.165) is 0 Å². The number of nitrogens with one attached hydrogen (secondary N) is 1. The minimum atomic E-state index is -0.577. The number of likely N-dealkylation sites (tertiary alicyclic amines) is 1. The van der Waals surface area contributed by atoms with E-state index in [1.807, 2.05) is 0 Å². The van der Waals surface area contributed by atoms with Crippen molar-refractivity contribution in [3.63, 3.8) is 0 Å². The molecule has 0 unspecified atom stereocenters. The summed E-state index contributed by atoms with van der Waals surface area (Å²) in [5.41, 5.74) is 5.68. The average Bonchev–Trinajstić information content (AvgIpc) is 2.66. The largest absolute Gasteiger partial charge is 0.456 e. The topological polar surface area (TPSA) is 119 Å². The SMILES string of the molecule is NC(=O)C1CCN(C(=O)COC(=O)CCNC(=O)c2ccc(Cl)cc2)CC1. The highest BCUT2D eigenvalue weighted by Gasteiger charge is 2.26. The third kappa shape index (κ3) is 6.56. The maximum atomic E-state index is 12.0. The van der Waals surface area contributed by atoms with Crippen LogP contribution in [0, 0.1) is 5.92 Å². The second kappa shape index (κ2) is 9.91. The van der Waals surface area contributed by atoms with E-state index >= 15 is 0 Å². The summed E-state index contributed by atoms with van der Waals surface area (Å²) >= 11 is 5.76. The molecule has 8 nitrogen and oxygen atoms in total. The van der Waals surface area contributed by atoms with Gasteiger partial charge in [0.05, 0.1) is 6.42 Å². The van der Waals surface area contributed by atoms with Crippen LogP contribution in [0.5, 0.6) is 0 Å². The van der Waals surface area contributed by atoms with Crippen LogP contribution in [-0.4, -0.2) is 54.8 Å². The van der Waals surface area contributed by atoms with Gasteiger partial charge in [-0.05, 0) is 37.1 Å².